The molecule has 0 bridgehead atoms. The molecule has 0 aliphatic heterocycles. The average Bonchev–Trinajstić information content (AvgIpc) is 3.14. The first-order valence-electron chi connectivity index (χ1n) is 7.84. The van der Waals surface area contributed by atoms with Gasteiger partial charge in [-0.05, 0) is 51.1 Å². The van der Waals surface area contributed by atoms with Crippen LogP contribution in [0.1, 0.15) is 38.0 Å². The Balaban J connectivity index is 1.54. The predicted molar refractivity (Wildman–Crippen MR) is 86.3 cm³/mol. The minimum absolute atomic E-state index is 0.353. The summed E-state index contributed by atoms with van der Waals surface area (Å²) in [4.78, 5) is 4.12. The zero-order valence-corrected chi connectivity index (χ0v) is 13.6. The molecule has 20 heavy (non-hydrogen) atoms. The molecule has 2 rings (SSSR count). The van der Waals surface area contributed by atoms with E-state index in [0.29, 0.717) is 6.10 Å². The molecule has 0 aromatic carbocycles. The van der Waals surface area contributed by atoms with E-state index in [1.165, 1.54) is 17.7 Å². The van der Waals surface area contributed by atoms with Crippen molar-refractivity contribution >= 4 is 11.3 Å². The zero-order chi connectivity index (χ0) is 14.2. The van der Waals surface area contributed by atoms with Crippen molar-refractivity contribution in [3.8, 4) is 0 Å². The third-order valence-corrected chi connectivity index (χ3v) is 4.39. The van der Waals surface area contributed by atoms with Gasteiger partial charge in [-0.1, -0.05) is 6.07 Å². The Bertz CT molecular complexity index is 349. The standard InChI is InChI=1S/C16H28N2OS/c1-14(2)19-11-4-8-17-9-10-18(15-6-7-15)13-16-5-3-12-20-16/h3,5,12,14-15,17H,4,6-11,13H2,1-2H3. The molecule has 1 aliphatic rings. The van der Waals surface area contributed by atoms with Crippen LogP contribution < -0.4 is 5.32 Å². The highest BCUT2D eigenvalue weighted by Gasteiger charge is 2.28. The Labute approximate surface area is 127 Å². The summed E-state index contributed by atoms with van der Waals surface area (Å²) in [6.07, 6.45) is 4.22. The second-order valence-electron chi connectivity index (χ2n) is 5.80. The molecule has 1 aromatic rings. The second kappa shape index (κ2) is 8.78. The Hall–Kier alpha value is -0.420. The topological polar surface area (TPSA) is 24.5 Å². The molecule has 3 nitrogen and oxygen atoms in total. The number of nitrogens with one attached hydrogen (secondary N) is 1. The predicted octanol–water partition coefficient (Wildman–Crippen LogP) is 3.12. The summed E-state index contributed by atoms with van der Waals surface area (Å²) in [6, 6.07) is 5.23. The highest BCUT2D eigenvalue weighted by atomic mass is 32.1. The summed E-state index contributed by atoms with van der Waals surface area (Å²) in [5, 5.41) is 5.71. The molecule has 1 N–H and O–H groups in total. The molecule has 0 spiro atoms. The molecule has 1 aliphatic carbocycles. The van der Waals surface area contributed by atoms with Crippen LogP contribution in [0, 0.1) is 0 Å². The minimum atomic E-state index is 0.353. The van der Waals surface area contributed by atoms with Crippen molar-refractivity contribution in [3.63, 3.8) is 0 Å². The third kappa shape index (κ3) is 6.35. The fraction of sp³-hybridized carbons (Fsp3) is 0.750. The lowest BCUT2D eigenvalue weighted by Gasteiger charge is -2.21. The van der Waals surface area contributed by atoms with Crippen LogP contribution in [-0.2, 0) is 11.3 Å². The van der Waals surface area contributed by atoms with Crippen molar-refractivity contribution in [2.45, 2.75) is 51.8 Å². The van der Waals surface area contributed by atoms with E-state index in [-0.39, 0.29) is 0 Å². The van der Waals surface area contributed by atoms with Crippen molar-refractivity contribution in [1.82, 2.24) is 10.2 Å². The summed E-state index contributed by atoms with van der Waals surface area (Å²) in [5.41, 5.74) is 0. The van der Waals surface area contributed by atoms with E-state index in [0.717, 1.165) is 45.2 Å². The Morgan fingerprint density at radius 2 is 2.25 bits per heavy atom. The van der Waals surface area contributed by atoms with Gasteiger partial charge in [-0.25, -0.2) is 0 Å². The van der Waals surface area contributed by atoms with Crippen LogP contribution in [-0.4, -0.2) is 43.3 Å². The van der Waals surface area contributed by atoms with E-state index >= 15 is 0 Å². The number of hydrogen-bond acceptors (Lipinski definition) is 4. The second-order valence-corrected chi connectivity index (χ2v) is 6.84. The molecule has 0 radical (unpaired) electrons. The van der Waals surface area contributed by atoms with Gasteiger partial charge in [0, 0.05) is 37.2 Å². The van der Waals surface area contributed by atoms with Gasteiger partial charge in [-0.2, -0.15) is 0 Å². The quantitative estimate of drug-likeness (QED) is 0.635. The molecule has 0 atom stereocenters. The van der Waals surface area contributed by atoms with Gasteiger partial charge in [0.05, 0.1) is 6.10 Å². The highest BCUT2D eigenvalue weighted by Crippen LogP contribution is 2.28. The highest BCUT2D eigenvalue weighted by molar-refractivity contribution is 7.09. The van der Waals surface area contributed by atoms with Crippen molar-refractivity contribution in [3.05, 3.63) is 22.4 Å². The number of nitrogens with zero attached hydrogens (tertiary/aromatic N) is 1. The summed E-state index contributed by atoms with van der Waals surface area (Å²) in [6.45, 7) is 9.48. The van der Waals surface area contributed by atoms with Crippen molar-refractivity contribution in [2.24, 2.45) is 0 Å². The van der Waals surface area contributed by atoms with Gasteiger partial charge in [0.1, 0.15) is 0 Å². The Morgan fingerprint density at radius 1 is 1.40 bits per heavy atom. The van der Waals surface area contributed by atoms with Crippen LogP contribution >= 0.6 is 11.3 Å². The van der Waals surface area contributed by atoms with Crippen LogP contribution in [0.15, 0.2) is 17.5 Å². The van der Waals surface area contributed by atoms with Gasteiger partial charge in [0.2, 0.25) is 0 Å². The molecule has 1 aromatic heterocycles. The van der Waals surface area contributed by atoms with Crippen LogP contribution in [0.4, 0.5) is 0 Å². The summed E-state index contributed by atoms with van der Waals surface area (Å²) in [7, 11) is 0. The average molecular weight is 296 g/mol. The third-order valence-electron chi connectivity index (χ3n) is 3.53. The van der Waals surface area contributed by atoms with E-state index in [1.54, 1.807) is 0 Å². The maximum Gasteiger partial charge on any atom is 0.0518 e. The number of thiophene rings is 1. The Kier molecular flexibility index (Phi) is 7.00. The van der Waals surface area contributed by atoms with Crippen LogP contribution in [0.25, 0.3) is 0 Å². The van der Waals surface area contributed by atoms with Crippen molar-refractivity contribution < 1.29 is 4.74 Å². The Morgan fingerprint density at radius 3 is 2.90 bits per heavy atom. The molecule has 114 valence electrons. The van der Waals surface area contributed by atoms with Gasteiger partial charge in [-0.3, -0.25) is 4.90 Å². The fourth-order valence-corrected chi connectivity index (χ4v) is 3.03. The molecule has 1 heterocycles. The van der Waals surface area contributed by atoms with Gasteiger partial charge < -0.3 is 10.1 Å². The normalized spacial score (nSPS) is 15.4. The number of rotatable bonds is 11. The molecular formula is C16H28N2OS. The lowest BCUT2D eigenvalue weighted by Crippen LogP contribution is -2.33. The molecule has 1 saturated carbocycles. The van der Waals surface area contributed by atoms with Gasteiger partial charge in [-0.15, -0.1) is 11.3 Å². The summed E-state index contributed by atoms with van der Waals surface area (Å²) >= 11 is 1.87. The summed E-state index contributed by atoms with van der Waals surface area (Å²) in [5.74, 6) is 0. The van der Waals surface area contributed by atoms with Crippen LogP contribution in [0.2, 0.25) is 0 Å². The fourth-order valence-electron chi connectivity index (χ4n) is 2.30. The van der Waals surface area contributed by atoms with Gasteiger partial charge >= 0.3 is 0 Å². The molecule has 0 unspecified atom stereocenters. The summed E-state index contributed by atoms with van der Waals surface area (Å²) < 4.78 is 5.54. The molecule has 1 fully saturated rings. The maximum atomic E-state index is 5.54. The van der Waals surface area contributed by atoms with E-state index in [9.17, 15) is 0 Å². The first kappa shape index (κ1) is 16.0. The largest absolute Gasteiger partial charge is 0.379 e. The maximum absolute atomic E-state index is 5.54. The van der Waals surface area contributed by atoms with Crippen LogP contribution in [0.5, 0.6) is 0 Å². The SMILES string of the molecule is CC(C)OCCCNCCN(Cc1cccs1)C1CC1. The number of ether oxygens (including phenoxy) is 1. The minimum Gasteiger partial charge on any atom is -0.379 e. The van der Waals surface area contributed by atoms with Crippen molar-refractivity contribution in [2.75, 3.05) is 26.2 Å². The van der Waals surface area contributed by atoms with E-state index in [4.69, 9.17) is 4.74 Å². The van der Waals surface area contributed by atoms with Gasteiger partial charge in [0.25, 0.3) is 0 Å². The lowest BCUT2D eigenvalue weighted by atomic mass is 10.3. The molecule has 0 saturated heterocycles. The molecule has 0 amide bonds. The first-order valence-corrected chi connectivity index (χ1v) is 8.72. The van der Waals surface area contributed by atoms with Crippen LogP contribution in [0.3, 0.4) is 0 Å². The monoisotopic (exact) mass is 296 g/mol. The number of hydrogen-bond donors (Lipinski definition) is 1. The van der Waals surface area contributed by atoms with E-state index in [1.807, 2.05) is 11.3 Å². The zero-order valence-electron chi connectivity index (χ0n) is 12.8. The molecule has 4 heteroatoms. The molecular weight excluding hydrogens is 268 g/mol. The first-order chi connectivity index (χ1) is 9.75. The van der Waals surface area contributed by atoms with E-state index < -0.39 is 0 Å². The van der Waals surface area contributed by atoms with Gasteiger partial charge in [0.15, 0.2) is 0 Å². The van der Waals surface area contributed by atoms with E-state index in [2.05, 4.69) is 41.6 Å². The smallest absolute Gasteiger partial charge is 0.0518 e. The lowest BCUT2D eigenvalue weighted by molar-refractivity contribution is 0.0770. The van der Waals surface area contributed by atoms with Crippen molar-refractivity contribution in [1.29, 1.82) is 0 Å².